The number of hydrogen-bond donors (Lipinski definition) is 0. The summed E-state index contributed by atoms with van der Waals surface area (Å²) in [6.07, 6.45) is 0.645. The van der Waals surface area contributed by atoms with Crippen molar-refractivity contribution >= 4 is 17.9 Å². The van der Waals surface area contributed by atoms with E-state index in [0.29, 0.717) is 11.8 Å². The second kappa shape index (κ2) is 6.31. The molecule has 0 N–H and O–H groups in total. The fourth-order valence-corrected chi connectivity index (χ4v) is 1.48. The lowest BCUT2D eigenvalue weighted by molar-refractivity contribution is -0.385. The zero-order valence-electron chi connectivity index (χ0n) is 10.4. The summed E-state index contributed by atoms with van der Waals surface area (Å²) in [5.41, 5.74) is 0.391. The van der Waals surface area contributed by atoms with Crippen molar-refractivity contribution in [2.45, 2.75) is 13.3 Å². The molecule has 0 spiro atoms. The summed E-state index contributed by atoms with van der Waals surface area (Å²) in [6, 6.07) is 2.67. The van der Waals surface area contributed by atoms with Crippen molar-refractivity contribution in [2.24, 2.45) is 0 Å². The van der Waals surface area contributed by atoms with Crippen LogP contribution in [0.2, 0.25) is 0 Å². The second-order valence-corrected chi connectivity index (χ2v) is 3.59. The van der Waals surface area contributed by atoms with Gasteiger partial charge in [0, 0.05) is 17.2 Å². The zero-order valence-corrected chi connectivity index (χ0v) is 10.4. The number of rotatable bonds is 3. The van der Waals surface area contributed by atoms with Gasteiger partial charge in [0.25, 0.3) is 5.69 Å². The molecule has 0 atom stereocenters. The van der Waals surface area contributed by atoms with E-state index in [0.717, 1.165) is 0 Å². The first-order valence-corrected chi connectivity index (χ1v) is 5.31. The molecule has 0 radical (unpaired) electrons. The van der Waals surface area contributed by atoms with E-state index in [1.165, 1.54) is 26.2 Å². The topological polar surface area (TPSA) is 86.5 Å². The van der Waals surface area contributed by atoms with Crippen LogP contribution in [-0.2, 0) is 9.53 Å². The zero-order chi connectivity index (χ0) is 14.4. The second-order valence-electron chi connectivity index (χ2n) is 3.59. The van der Waals surface area contributed by atoms with Crippen LogP contribution >= 0.6 is 0 Å². The Hall–Kier alpha value is -2.68. The molecule has 1 rings (SSSR count). The first-order valence-electron chi connectivity index (χ1n) is 5.31. The lowest BCUT2D eigenvalue weighted by Crippen LogP contribution is -2.06. The van der Waals surface area contributed by atoms with Gasteiger partial charge >= 0.3 is 5.97 Å². The van der Waals surface area contributed by atoms with Crippen LogP contribution in [0.25, 0.3) is 0 Å². The van der Waals surface area contributed by atoms with Gasteiger partial charge in [-0.25, -0.2) is 4.79 Å². The van der Waals surface area contributed by atoms with Crippen molar-refractivity contribution in [1.29, 1.82) is 0 Å². The maximum Gasteiger partial charge on any atom is 0.338 e. The fraction of sp³-hybridized carbons (Fsp3) is 0.231. The third-order valence-electron chi connectivity index (χ3n) is 2.40. The molecule has 19 heavy (non-hydrogen) atoms. The summed E-state index contributed by atoms with van der Waals surface area (Å²) in [6.45, 7) is 1.47. The molecule has 0 aliphatic heterocycles. The highest BCUT2D eigenvalue weighted by molar-refractivity contribution is 5.92. The predicted molar refractivity (Wildman–Crippen MR) is 66.7 cm³/mol. The average Bonchev–Trinajstić information content (AvgIpc) is 2.39. The minimum Gasteiger partial charge on any atom is -0.465 e. The molecule has 0 aliphatic rings. The Bertz CT molecular complexity index is 595. The normalized spacial score (nSPS) is 9.16. The number of nitro groups is 1. The number of benzene rings is 1. The van der Waals surface area contributed by atoms with Crippen molar-refractivity contribution in [3.05, 3.63) is 38.9 Å². The SMILES string of the molecule is COC(=O)c1cc(C#CCC=O)cc([N+](=O)[O-])c1C. The molecule has 0 bridgehead atoms. The van der Waals surface area contributed by atoms with Gasteiger partial charge in [-0.1, -0.05) is 11.8 Å². The monoisotopic (exact) mass is 261 g/mol. The first kappa shape index (κ1) is 14.4. The fourth-order valence-electron chi connectivity index (χ4n) is 1.48. The Labute approximate surface area is 109 Å². The van der Waals surface area contributed by atoms with E-state index in [-0.39, 0.29) is 23.2 Å². The van der Waals surface area contributed by atoms with E-state index >= 15 is 0 Å². The number of nitrogens with zero attached hydrogens (tertiary/aromatic N) is 1. The number of carbonyl (C=O) groups excluding carboxylic acids is 2. The number of nitro benzene ring substituents is 1. The number of hydrogen-bond acceptors (Lipinski definition) is 5. The standard InChI is InChI=1S/C13H11NO5/c1-9-11(13(16)19-2)7-10(5-3-4-6-15)8-12(9)14(17)18/h6-8H,4H2,1-2H3. The van der Waals surface area contributed by atoms with Gasteiger partial charge in [0.1, 0.15) is 6.29 Å². The van der Waals surface area contributed by atoms with E-state index in [9.17, 15) is 19.7 Å². The third-order valence-corrected chi connectivity index (χ3v) is 2.40. The number of esters is 1. The van der Waals surface area contributed by atoms with Gasteiger partial charge in [-0.05, 0) is 13.0 Å². The molecule has 1 aromatic carbocycles. The first-order chi connectivity index (χ1) is 9.01. The molecule has 1 aromatic rings. The Kier molecular flexibility index (Phi) is 4.77. The quantitative estimate of drug-likeness (QED) is 0.271. The van der Waals surface area contributed by atoms with Gasteiger partial charge in [0.15, 0.2) is 0 Å². The van der Waals surface area contributed by atoms with Crippen LogP contribution in [0, 0.1) is 28.9 Å². The smallest absolute Gasteiger partial charge is 0.338 e. The Balaban J connectivity index is 3.40. The third kappa shape index (κ3) is 3.39. The number of aldehydes is 1. The van der Waals surface area contributed by atoms with E-state index < -0.39 is 10.9 Å². The number of methoxy groups -OCH3 is 1. The molecule has 0 heterocycles. The van der Waals surface area contributed by atoms with E-state index in [2.05, 4.69) is 16.6 Å². The highest BCUT2D eigenvalue weighted by Crippen LogP contribution is 2.24. The predicted octanol–water partition coefficient (Wildman–Crippen LogP) is 1.63. The molecule has 0 fully saturated rings. The summed E-state index contributed by atoms with van der Waals surface area (Å²) in [5, 5.41) is 10.9. The summed E-state index contributed by atoms with van der Waals surface area (Å²) in [5.74, 6) is 4.46. The minimum absolute atomic E-state index is 0.0230. The lowest BCUT2D eigenvalue weighted by Gasteiger charge is -2.05. The van der Waals surface area contributed by atoms with Gasteiger partial charge in [0.05, 0.1) is 24.0 Å². The van der Waals surface area contributed by atoms with Crippen LogP contribution < -0.4 is 0 Å². The largest absolute Gasteiger partial charge is 0.465 e. The minimum atomic E-state index is -0.667. The maximum absolute atomic E-state index is 11.5. The molecule has 0 amide bonds. The molecular formula is C13H11NO5. The van der Waals surface area contributed by atoms with Crippen molar-refractivity contribution < 1.29 is 19.2 Å². The molecule has 0 unspecified atom stereocenters. The molecule has 6 heteroatoms. The van der Waals surface area contributed by atoms with E-state index in [1.807, 2.05) is 0 Å². The van der Waals surface area contributed by atoms with Crippen molar-refractivity contribution in [1.82, 2.24) is 0 Å². The van der Waals surface area contributed by atoms with Crippen LogP contribution in [0.1, 0.15) is 27.9 Å². The van der Waals surface area contributed by atoms with Gasteiger partial charge in [-0.2, -0.15) is 0 Å². The van der Waals surface area contributed by atoms with Crippen molar-refractivity contribution in [2.75, 3.05) is 7.11 Å². The number of carbonyl (C=O) groups is 2. The molecule has 0 aromatic heterocycles. The highest BCUT2D eigenvalue weighted by Gasteiger charge is 2.20. The Morgan fingerprint density at radius 2 is 2.21 bits per heavy atom. The van der Waals surface area contributed by atoms with E-state index in [1.54, 1.807) is 0 Å². The van der Waals surface area contributed by atoms with Crippen LogP contribution in [0.15, 0.2) is 12.1 Å². The molecule has 0 aliphatic carbocycles. The average molecular weight is 261 g/mol. The van der Waals surface area contributed by atoms with Crippen LogP contribution in [0.5, 0.6) is 0 Å². The molecule has 0 saturated heterocycles. The molecule has 98 valence electrons. The van der Waals surface area contributed by atoms with Crippen LogP contribution in [-0.4, -0.2) is 24.3 Å². The van der Waals surface area contributed by atoms with Crippen molar-refractivity contribution in [3.8, 4) is 11.8 Å². The molecule has 6 nitrogen and oxygen atoms in total. The van der Waals surface area contributed by atoms with Gasteiger partial charge in [-0.15, -0.1) is 0 Å². The van der Waals surface area contributed by atoms with Crippen molar-refractivity contribution in [3.63, 3.8) is 0 Å². The lowest BCUT2D eigenvalue weighted by atomic mass is 10.0. The molecule has 0 saturated carbocycles. The Morgan fingerprint density at radius 1 is 1.53 bits per heavy atom. The number of ether oxygens (including phenoxy) is 1. The van der Waals surface area contributed by atoms with Gasteiger partial charge in [0.2, 0.25) is 0 Å². The van der Waals surface area contributed by atoms with E-state index in [4.69, 9.17) is 0 Å². The van der Waals surface area contributed by atoms with Crippen LogP contribution in [0.4, 0.5) is 5.69 Å². The maximum atomic E-state index is 11.5. The summed E-state index contributed by atoms with van der Waals surface area (Å²) >= 11 is 0. The summed E-state index contributed by atoms with van der Waals surface area (Å²) < 4.78 is 4.57. The highest BCUT2D eigenvalue weighted by atomic mass is 16.6. The summed E-state index contributed by atoms with van der Waals surface area (Å²) in [4.78, 5) is 32.0. The van der Waals surface area contributed by atoms with Gasteiger partial charge < -0.3 is 9.53 Å². The Morgan fingerprint density at radius 3 is 2.74 bits per heavy atom. The summed E-state index contributed by atoms with van der Waals surface area (Å²) in [7, 11) is 1.19. The van der Waals surface area contributed by atoms with Crippen LogP contribution in [0.3, 0.4) is 0 Å². The molecular weight excluding hydrogens is 250 g/mol. The van der Waals surface area contributed by atoms with Gasteiger partial charge in [-0.3, -0.25) is 10.1 Å².